The fourth-order valence-electron chi connectivity index (χ4n) is 2.45. The van der Waals surface area contributed by atoms with E-state index in [0.717, 1.165) is 34.1 Å². The summed E-state index contributed by atoms with van der Waals surface area (Å²) in [6.45, 7) is 0.987. The Morgan fingerprint density at radius 1 is 1.27 bits per heavy atom. The fourth-order valence-corrected chi connectivity index (χ4v) is 2.67. The quantitative estimate of drug-likeness (QED) is 0.484. The molecule has 0 aliphatic carbocycles. The number of aldehydes is 1. The van der Waals surface area contributed by atoms with Crippen LogP contribution in [0.2, 0.25) is 0 Å². The average molecular weight is 314 g/mol. The molecule has 2 rings (SSSR count). The largest absolute Gasteiger partial charge is 0.496 e. The van der Waals surface area contributed by atoms with Gasteiger partial charge in [0.25, 0.3) is 0 Å². The maximum Gasteiger partial charge on any atom is 0.144 e. The monoisotopic (exact) mass is 314 g/mol. The summed E-state index contributed by atoms with van der Waals surface area (Å²) >= 11 is 5.06. The molecular weight excluding hydrogens is 296 g/mol. The Balaban J connectivity index is 2.67. The molecule has 0 atom stereocenters. The lowest BCUT2D eigenvalue weighted by Gasteiger charge is -2.23. The average Bonchev–Trinajstić information content (AvgIpc) is 2.57. The number of fused-ring (bicyclic) bond motifs is 1. The van der Waals surface area contributed by atoms with Crippen LogP contribution >= 0.6 is 12.2 Å². The lowest BCUT2D eigenvalue weighted by atomic mass is 10.0. The number of carbonyl (C=O) groups excluding carboxylic acids is 1. The number of thiocarbonyl (C=S) groups is 1. The molecule has 0 aliphatic heterocycles. The summed E-state index contributed by atoms with van der Waals surface area (Å²) in [7, 11) is 1.64. The highest BCUT2D eigenvalue weighted by atomic mass is 32.1. The van der Waals surface area contributed by atoms with E-state index >= 15 is 0 Å². The Hall–Kier alpha value is -2.24. The third kappa shape index (κ3) is 3.16. The molecule has 2 N–H and O–H groups in total. The molecule has 0 radical (unpaired) electrons. The van der Waals surface area contributed by atoms with Crippen molar-refractivity contribution in [1.82, 2.24) is 4.90 Å². The summed E-state index contributed by atoms with van der Waals surface area (Å²) in [5, 5.41) is 1.98. The predicted octanol–water partition coefficient (Wildman–Crippen LogP) is 2.61. The number of methoxy groups -OCH3 is 1. The molecule has 0 spiro atoms. The second kappa shape index (κ2) is 7.68. The normalized spacial score (nSPS) is 11.3. The minimum atomic E-state index is 0.442. The molecule has 2 aromatic carbocycles. The molecule has 2 aromatic rings. The van der Waals surface area contributed by atoms with E-state index in [0.29, 0.717) is 13.1 Å². The highest BCUT2D eigenvalue weighted by Crippen LogP contribution is 2.32. The van der Waals surface area contributed by atoms with Crippen molar-refractivity contribution in [2.75, 3.05) is 20.2 Å². The van der Waals surface area contributed by atoms with Crippen molar-refractivity contribution in [1.29, 1.82) is 0 Å². The molecule has 4 nitrogen and oxygen atoms in total. The third-order valence-corrected chi connectivity index (χ3v) is 3.67. The van der Waals surface area contributed by atoms with Gasteiger partial charge in [0.1, 0.15) is 12.0 Å². The van der Waals surface area contributed by atoms with Gasteiger partial charge < -0.3 is 15.4 Å². The second-order valence-electron chi connectivity index (χ2n) is 4.64. The van der Waals surface area contributed by atoms with E-state index in [2.05, 4.69) is 0 Å². The zero-order valence-electron chi connectivity index (χ0n) is 12.4. The van der Waals surface area contributed by atoms with E-state index in [4.69, 9.17) is 22.7 Å². The van der Waals surface area contributed by atoms with Gasteiger partial charge in [-0.05, 0) is 17.5 Å². The lowest BCUT2D eigenvalue weighted by Crippen LogP contribution is -2.26. The maximum absolute atomic E-state index is 11.1. The first-order valence-corrected chi connectivity index (χ1v) is 7.37. The summed E-state index contributed by atoms with van der Waals surface area (Å²) in [4.78, 5) is 12.9. The van der Waals surface area contributed by atoms with E-state index in [9.17, 15) is 4.79 Å². The number of hydrogen-bond acceptors (Lipinski definition) is 4. The zero-order valence-corrected chi connectivity index (χ0v) is 13.2. The van der Waals surface area contributed by atoms with E-state index in [1.807, 2.05) is 36.4 Å². The first kappa shape index (κ1) is 16.1. The van der Waals surface area contributed by atoms with Crippen molar-refractivity contribution >= 4 is 40.5 Å². The van der Waals surface area contributed by atoms with Crippen LogP contribution in [0.4, 0.5) is 0 Å². The summed E-state index contributed by atoms with van der Waals surface area (Å²) in [5.41, 5.74) is 8.79. The molecule has 0 aromatic heterocycles. The van der Waals surface area contributed by atoms with Gasteiger partial charge in [-0.3, -0.25) is 4.79 Å². The van der Waals surface area contributed by atoms with Crippen LogP contribution in [-0.2, 0) is 4.79 Å². The first-order valence-electron chi connectivity index (χ1n) is 6.90. The van der Waals surface area contributed by atoms with Crippen LogP contribution in [0, 0.1) is 0 Å². The smallest absolute Gasteiger partial charge is 0.144 e. The molecule has 0 heterocycles. The van der Waals surface area contributed by atoms with Crippen molar-refractivity contribution in [3.63, 3.8) is 0 Å². The molecule has 0 bridgehead atoms. The first-order chi connectivity index (χ1) is 10.8. The van der Waals surface area contributed by atoms with E-state index in [1.54, 1.807) is 12.0 Å². The number of hydrogen-bond donors (Lipinski definition) is 1. The Kier molecular flexibility index (Phi) is 5.63. The molecule has 0 fully saturated rings. The molecule has 0 amide bonds. The molecule has 0 unspecified atom stereocenters. The van der Waals surface area contributed by atoms with Crippen molar-refractivity contribution in [3.8, 4) is 5.75 Å². The molecule has 0 aliphatic rings. The van der Waals surface area contributed by atoms with E-state index < -0.39 is 0 Å². The molecule has 5 heteroatoms. The Labute approximate surface area is 135 Å². The van der Waals surface area contributed by atoms with Crippen LogP contribution in [0.15, 0.2) is 42.5 Å². The lowest BCUT2D eigenvalue weighted by molar-refractivity contribution is -0.104. The Morgan fingerprint density at radius 2 is 2.00 bits per heavy atom. The maximum atomic E-state index is 11.1. The van der Waals surface area contributed by atoms with Crippen LogP contribution in [0.25, 0.3) is 16.5 Å². The van der Waals surface area contributed by atoms with Crippen molar-refractivity contribution in [2.45, 2.75) is 0 Å². The molecular formula is C17H18N2O2S. The van der Waals surface area contributed by atoms with Crippen molar-refractivity contribution < 1.29 is 9.53 Å². The van der Waals surface area contributed by atoms with Gasteiger partial charge in [-0.1, -0.05) is 36.5 Å². The van der Waals surface area contributed by atoms with Gasteiger partial charge in [-0.15, -0.1) is 0 Å². The SMILES string of the molecule is COc1ccc(/C(=C/C=O)N(C=S)CCN)c2ccccc12. The third-order valence-electron chi connectivity index (χ3n) is 3.41. The van der Waals surface area contributed by atoms with Gasteiger partial charge in [0.05, 0.1) is 18.3 Å². The van der Waals surface area contributed by atoms with Crippen LogP contribution in [0.3, 0.4) is 0 Å². The van der Waals surface area contributed by atoms with Gasteiger partial charge in [-0.2, -0.15) is 0 Å². The highest BCUT2D eigenvalue weighted by molar-refractivity contribution is 7.78. The van der Waals surface area contributed by atoms with E-state index in [-0.39, 0.29) is 0 Å². The summed E-state index contributed by atoms with van der Waals surface area (Å²) in [5.74, 6) is 0.789. The van der Waals surface area contributed by atoms with Gasteiger partial charge >= 0.3 is 0 Å². The minimum Gasteiger partial charge on any atom is -0.496 e. The number of allylic oxidation sites excluding steroid dienone is 1. The van der Waals surface area contributed by atoms with Crippen LogP contribution in [0.1, 0.15) is 5.56 Å². The number of rotatable bonds is 7. The number of nitrogens with two attached hydrogens (primary N) is 1. The van der Waals surface area contributed by atoms with E-state index in [1.165, 1.54) is 11.6 Å². The summed E-state index contributed by atoms with van der Waals surface area (Å²) < 4.78 is 5.41. The number of ether oxygens (including phenoxy) is 1. The van der Waals surface area contributed by atoms with Crippen LogP contribution in [-0.4, -0.2) is 36.9 Å². The number of nitrogens with zero attached hydrogens (tertiary/aromatic N) is 1. The Bertz CT molecular complexity index is 713. The van der Waals surface area contributed by atoms with Crippen LogP contribution in [0.5, 0.6) is 5.75 Å². The standard InChI is InChI=1S/C17H18N2O2S/c1-21-17-7-6-14(13-4-2-3-5-15(13)17)16(8-11-20)19(12-22)10-9-18/h2-8,11-12H,9-10,18H2,1H3/b16-8-. The van der Waals surface area contributed by atoms with Gasteiger partial charge in [-0.25, -0.2) is 0 Å². The molecule has 22 heavy (non-hydrogen) atoms. The second-order valence-corrected chi connectivity index (χ2v) is 4.85. The van der Waals surface area contributed by atoms with Gasteiger partial charge in [0, 0.05) is 30.1 Å². The topological polar surface area (TPSA) is 55.6 Å². The fraction of sp³-hybridized carbons (Fsp3) is 0.176. The van der Waals surface area contributed by atoms with Gasteiger partial charge in [0.2, 0.25) is 0 Å². The molecule has 114 valence electrons. The zero-order chi connectivity index (χ0) is 15.9. The molecule has 0 saturated carbocycles. The number of carbonyl (C=O) groups is 1. The van der Waals surface area contributed by atoms with Gasteiger partial charge in [0.15, 0.2) is 0 Å². The van der Waals surface area contributed by atoms with Crippen molar-refractivity contribution in [2.24, 2.45) is 5.73 Å². The summed E-state index contributed by atoms with van der Waals surface area (Å²) in [6.07, 6.45) is 2.27. The van der Waals surface area contributed by atoms with Crippen LogP contribution < -0.4 is 10.5 Å². The van der Waals surface area contributed by atoms with Crippen molar-refractivity contribution in [3.05, 3.63) is 48.0 Å². The minimum absolute atomic E-state index is 0.442. The predicted molar refractivity (Wildman–Crippen MR) is 94.0 cm³/mol. The summed E-state index contributed by atoms with van der Waals surface area (Å²) in [6, 6.07) is 11.7. The Morgan fingerprint density at radius 3 is 2.59 bits per heavy atom. The molecule has 0 saturated heterocycles. The number of benzene rings is 2. The highest BCUT2D eigenvalue weighted by Gasteiger charge is 2.14.